The van der Waals surface area contributed by atoms with E-state index >= 15 is 0 Å². The summed E-state index contributed by atoms with van der Waals surface area (Å²) in [4.78, 5) is 68.9. The highest BCUT2D eigenvalue weighted by Gasteiger charge is 2.35. The van der Waals surface area contributed by atoms with E-state index < -0.39 is 54.3 Å². The molecule has 0 saturated carbocycles. The minimum atomic E-state index is -1.40. The minimum absolute atomic E-state index is 0.0121. The monoisotopic (exact) mass is 826 g/mol. The highest BCUT2D eigenvalue weighted by Crippen LogP contribution is 2.16. The topological polar surface area (TPSA) is 212 Å². The molecule has 5 atom stereocenters. The van der Waals surface area contributed by atoms with Crippen LogP contribution in [0.1, 0.15) is 39.2 Å². The van der Waals surface area contributed by atoms with E-state index in [1.165, 1.54) is 12.7 Å². The molecular formula is C46H50N8O7. The second kappa shape index (κ2) is 22.2. The van der Waals surface area contributed by atoms with Gasteiger partial charge in [-0.3, -0.25) is 9.59 Å². The van der Waals surface area contributed by atoms with E-state index in [4.69, 9.17) is 9.47 Å². The summed E-state index contributed by atoms with van der Waals surface area (Å²) in [5.74, 6) is -1.21. The van der Waals surface area contributed by atoms with Crippen LogP contribution in [-0.2, 0) is 58.0 Å². The zero-order valence-corrected chi connectivity index (χ0v) is 33.7. The number of hydrogen-bond donors (Lipinski definition) is 7. The summed E-state index contributed by atoms with van der Waals surface area (Å²) in [6, 6.07) is 30.9. The van der Waals surface area contributed by atoms with Crippen LogP contribution in [0.3, 0.4) is 0 Å². The van der Waals surface area contributed by atoms with Crippen LogP contribution in [0.5, 0.6) is 0 Å². The van der Waals surface area contributed by atoms with Gasteiger partial charge in [0.1, 0.15) is 25.3 Å². The van der Waals surface area contributed by atoms with E-state index in [0.29, 0.717) is 11.4 Å². The maximum absolute atomic E-state index is 14.3. The lowest BCUT2D eigenvalue weighted by Gasteiger charge is -2.33. The molecule has 0 bridgehead atoms. The summed E-state index contributed by atoms with van der Waals surface area (Å²) >= 11 is 0. The fourth-order valence-electron chi connectivity index (χ4n) is 6.67. The lowest BCUT2D eigenvalue weighted by atomic mass is 9.91. The summed E-state index contributed by atoms with van der Waals surface area (Å²) < 4.78 is 10.9. The number of hydrogen-bond acceptors (Lipinski definition) is 9. The second-order valence-electron chi connectivity index (χ2n) is 14.7. The van der Waals surface area contributed by atoms with Crippen molar-refractivity contribution in [3.8, 4) is 0 Å². The first-order valence-electron chi connectivity index (χ1n) is 20.0. The number of rotatable bonds is 20. The lowest BCUT2D eigenvalue weighted by molar-refractivity contribution is -0.125. The zero-order chi connectivity index (χ0) is 42.8. The summed E-state index contributed by atoms with van der Waals surface area (Å²) in [6.45, 7) is 1.93. The van der Waals surface area contributed by atoms with Crippen LogP contribution in [0.25, 0.3) is 0 Å². The average molecular weight is 827 g/mol. The number of carbonyl (C=O) groups is 4. The first-order chi connectivity index (χ1) is 29.7. The van der Waals surface area contributed by atoms with Gasteiger partial charge in [0.15, 0.2) is 0 Å². The predicted octanol–water partition coefficient (Wildman–Crippen LogP) is 4.63. The van der Waals surface area contributed by atoms with Crippen molar-refractivity contribution in [2.75, 3.05) is 0 Å². The van der Waals surface area contributed by atoms with Crippen molar-refractivity contribution in [1.29, 1.82) is 0 Å². The Labute approximate surface area is 353 Å². The van der Waals surface area contributed by atoms with Crippen molar-refractivity contribution >= 4 is 24.0 Å². The van der Waals surface area contributed by atoms with Crippen molar-refractivity contribution in [3.63, 3.8) is 0 Å². The smallest absolute Gasteiger partial charge is 0.408 e. The number of carbonyl (C=O) groups excluding carboxylic acids is 4. The number of aliphatic hydroxyl groups is 1. The number of aryl methyl sites for hydroxylation is 1. The molecule has 0 aliphatic rings. The average Bonchev–Trinajstić information content (AvgIpc) is 4.01. The van der Waals surface area contributed by atoms with Gasteiger partial charge in [-0.1, -0.05) is 121 Å². The molecule has 0 saturated heterocycles. The van der Waals surface area contributed by atoms with E-state index in [2.05, 4.69) is 41.2 Å². The first-order valence-corrected chi connectivity index (χ1v) is 20.0. The van der Waals surface area contributed by atoms with Gasteiger partial charge in [-0.05, 0) is 42.0 Å². The van der Waals surface area contributed by atoms with Gasteiger partial charge in [0, 0.05) is 36.6 Å². The Bertz CT molecular complexity index is 2240. The number of H-pyrrole nitrogens is 2. The Morgan fingerprint density at radius 3 is 1.33 bits per heavy atom. The molecule has 2 heterocycles. The number of aliphatic hydroxyl groups excluding tert-OH is 1. The Balaban J connectivity index is 1.25. The van der Waals surface area contributed by atoms with Gasteiger partial charge in [0.2, 0.25) is 11.8 Å². The van der Waals surface area contributed by atoms with Crippen molar-refractivity contribution in [3.05, 3.63) is 180 Å². The van der Waals surface area contributed by atoms with Gasteiger partial charge in [0.25, 0.3) is 0 Å². The Morgan fingerprint density at radius 1 is 0.541 bits per heavy atom. The molecule has 0 radical (unpaired) electrons. The van der Waals surface area contributed by atoms with Crippen molar-refractivity contribution in [2.45, 2.75) is 76.1 Å². The summed E-state index contributed by atoms with van der Waals surface area (Å²) in [7, 11) is 0. The number of aromatic nitrogens is 4. The fourth-order valence-corrected chi connectivity index (χ4v) is 6.67. The Kier molecular flexibility index (Phi) is 15.8. The molecule has 316 valence electrons. The molecule has 0 aliphatic carbocycles. The number of nitrogens with one attached hydrogen (secondary N) is 6. The molecule has 0 fully saturated rings. The Hall–Kier alpha value is -7.26. The van der Waals surface area contributed by atoms with Gasteiger partial charge in [-0.15, -0.1) is 0 Å². The molecule has 4 amide bonds. The van der Waals surface area contributed by atoms with Crippen LogP contribution >= 0.6 is 0 Å². The molecule has 6 rings (SSSR count). The highest BCUT2D eigenvalue weighted by molar-refractivity contribution is 5.87. The summed E-state index contributed by atoms with van der Waals surface area (Å²) in [5.41, 5.74) is 5.32. The molecule has 2 aromatic heterocycles. The molecule has 4 aromatic carbocycles. The molecule has 0 aliphatic heterocycles. The number of benzene rings is 4. The lowest BCUT2D eigenvalue weighted by Crippen LogP contribution is -2.60. The van der Waals surface area contributed by atoms with Crippen LogP contribution < -0.4 is 21.3 Å². The molecule has 15 heteroatoms. The van der Waals surface area contributed by atoms with Gasteiger partial charge >= 0.3 is 12.2 Å². The number of aromatic amines is 2. The quantitative estimate of drug-likeness (QED) is 0.0571. The first kappa shape index (κ1) is 43.3. The standard InChI is InChI=1S/C46H50N8O7/c1-31-17-19-33(20-18-31)22-39(52-44(57)41(24-37-26-48-30-50-37)54-46(59)61-28-35-15-9-4-10-16-35)42(55)38(21-32-11-5-2-6-12-32)51-43(56)40(23-36-25-47-29-49-36)53-45(58)60-27-34-13-7-3-8-14-34/h2-20,25-26,29-30,38-42,55H,21-24,27-28H2,1H3,(H,47,49)(H,48,50)(H,51,56)(H,52,57)(H,53,58)(H,54,59)/t38-,39-,40-,41-,42+/m0/s1. The molecule has 61 heavy (non-hydrogen) atoms. The van der Waals surface area contributed by atoms with E-state index in [9.17, 15) is 24.3 Å². The van der Waals surface area contributed by atoms with E-state index in [0.717, 1.165) is 27.8 Å². The van der Waals surface area contributed by atoms with E-state index in [1.807, 2.05) is 122 Å². The van der Waals surface area contributed by atoms with E-state index in [-0.39, 0.29) is 38.9 Å². The molecule has 15 nitrogen and oxygen atoms in total. The summed E-state index contributed by atoms with van der Waals surface area (Å²) in [5, 5.41) is 23.8. The minimum Gasteiger partial charge on any atom is -0.445 e. The number of alkyl carbamates (subject to hydrolysis) is 2. The molecule has 7 N–H and O–H groups in total. The third-order valence-corrected chi connectivity index (χ3v) is 9.95. The fraction of sp³-hybridized carbons (Fsp3) is 0.261. The summed E-state index contributed by atoms with van der Waals surface area (Å²) in [6.07, 6.45) is 3.39. The zero-order valence-electron chi connectivity index (χ0n) is 33.7. The third kappa shape index (κ3) is 13.9. The molecular weight excluding hydrogens is 777 g/mol. The number of ether oxygens (including phenoxy) is 2. The maximum atomic E-state index is 14.3. The van der Waals surface area contributed by atoms with Crippen molar-refractivity contribution in [2.24, 2.45) is 0 Å². The van der Waals surface area contributed by atoms with Crippen molar-refractivity contribution < 1.29 is 33.8 Å². The second-order valence-corrected chi connectivity index (χ2v) is 14.7. The number of nitrogens with zero attached hydrogens (tertiary/aromatic N) is 2. The van der Waals surface area contributed by atoms with E-state index in [1.54, 1.807) is 12.4 Å². The van der Waals surface area contributed by atoms with Crippen molar-refractivity contribution in [1.82, 2.24) is 41.2 Å². The largest absolute Gasteiger partial charge is 0.445 e. The Morgan fingerprint density at radius 2 is 0.934 bits per heavy atom. The third-order valence-electron chi connectivity index (χ3n) is 9.95. The van der Waals surface area contributed by atoms with Gasteiger partial charge in [-0.2, -0.15) is 0 Å². The van der Waals surface area contributed by atoms with Crippen LogP contribution in [0.4, 0.5) is 9.59 Å². The number of imidazole rings is 2. The maximum Gasteiger partial charge on any atom is 0.408 e. The van der Waals surface area contributed by atoms with Crippen LogP contribution in [0.15, 0.2) is 140 Å². The van der Waals surface area contributed by atoms with Gasteiger partial charge in [-0.25, -0.2) is 19.6 Å². The van der Waals surface area contributed by atoms with Crippen LogP contribution in [-0.4, -0.2) is 79.3 Å². The normalized spacial score (nSPS) is 13.4. The highest BCUT2D eigenvalue weighted by atomic mass is 16.6. The van der Waals surface area contributed by atoms with Gasteiger partial charge in [0.05, 0.1) is 30.8 Å². The van der Waals surface area contributed by atoms with Crippen LogP contribution in [0, 0.1) is 6.92 Å². The SMILES string of the molecule is Cc1ccc(C[C@H](NC(=O)[C@H](Cc2cnc[nH]2)NC(=O)OCc2ccccc2)[C@H](O)[C@H](Cc2ccccc2)NC(=O)[C@H](Cc2cnc[nH]2)NC(=O)OCc2ccccc2)cc1. The molecule has 0 spiro atoms. The molecule has 6 aromatic rings. The van der Waals surface area contributed by atoms with Crippen LogP contribution in [0.2, 0.25) is 0 Å². The van der Waals surface area contributed by atoms with Gasteiger partial charge < -0.3 is 45.8 Å². The number of amides is 4. The predicted molar refractivity (Wildman–Crippen MR) is 227 cm³/mol. The molecule has 0 unspecified atom stereocenters.